The van der Waals surface area contributed by atoms with E-state index >= 15 is 0 Å². The van der Waals surface area contributed by atoms with E-state index < -0.39 is 11.8 Å². The minimum atomic E-state index is -0.921. The molecule has 0 aliphatic heterocycles. The van der Waals surface area contributed by atoms with Gasteiger partial charge in [-0.3, -0.25) is 9.59 Å². The normalized spacial score (nSPS) is 10.4. The van der Waals surface area contributed by atoms with Gasteiger partial charge in [0.15, 0.2) is 11.5 Å². The van der Waals surface area contributed by atoms with Gasteiger partial charge in [0.2, 0.25) is 0 Å². The van der Waals surface area contributed by atoms with E-state index in [9.17, 15) is 9.59 Å². The van der Waals surface area contributed by atoms with Crippen LogP contribution in [0.1, 0.15) is 23.6 Å². The molecule has 0 radical (unpaired) electrons. The summed E-state index contributed by atoms with van der Waals surface area (Å²) < 4.78 is 11.5. The van der Waals surface area contributed by atoms with E-state index in [1.165, 1.54) is 6.21 Å². The lowest BCUT2D eigenvalue weighted by atomic mass is 10.1. The highest BCUT2D eigenvalue weighted by molar-refractivity contribution is 6.39. The molecule has 0 saturated carbocycles. The molecule has 3 rings (SSSR count). The Morgan fingerprint density at radius 1 is 0.971 bits per heavy atom. The van der Waals surface area contributed by atoms with Crippen LogP contribution in [-0.4, -0.2) is 24.6 Å². The predicted octanol–water partition coefficient (Wildman–Crippen LogP) is 4.47. The highest BCUT2D eigenvalue weighted by Gasteiger charge is 2.13. The van der Waals surface area contributed by atoms with Crippen molar-refractivity contribution < 1.29 is 19.1 Å². The Labute approximate surface area is 208 Å². The monoisotopic (exact) mass is 490 g/mol. The summed E-state index contributed by atoms with van der Waals surface area (Å²) in [5.74, 6) is -0.705. The van der Waals surface area contributed by atoms with Crippen LogP contribution in [-0.2, 0) is 22.6 Å². The summed E-state index contributed by atoms with van der Waals surface area (Å²) in [4.78, 5) is 24.1. The van der Waals surface area contributed by atoms with E-state index in [1.807, 2.05) is 25.1 Å². The number of amides is 2. The fraction of sp³-hybridized carbons (Fsp3) is 0.154. The molecule has 0 atom stereocenters. The molecule has 2 amide bonds. The van der Waals surface area contributed by atoms with Crippen LogP contribution < -0.4 is 20.2 Å². The zero-order valence-corrected chi connectivity index (χ0v) is 19.7. The lowest BCUT2D eigenvalue weighted by molar-refractivity contribution is -0.136. The number of nitrogens with zero attached hydrogens (tertiary/aromatic N) is 2. The van der Waals surface area contributed by atoms with Gasteiger partial charge in [0.05, 0.1) is 25.3 Å². The Balaban J connectivity index is 1.56. The highest BCUT2D eigenvalue weighted by atomic mass is 35.5. The number of carbonyl (C=O) groups excluding carboxylic acids is 2. The molecular formula is C26H23ClN4O4. The number of hydrogen-bond donors (Lipinski definition) is 2. The first-order valence-electron chi connectivity index (χ1n) is 10.7. The molecule has 2 N–H and O–H groups in total. The Bertz CT molecular complexity index is 1240. The second-order valence-corrected chi connectivity index (χ2v) is 7.68. The Morgan fingerprint density at radius 2 is 1.69 bits per heavy atom. The minimum Gasteiger partial charge on any atom is -0.490 e. The van der Waals surface area contributed by atoms with Crippen molar-refractivity contribution in [1.29, 1.82) is 5.26 Å². The molecule has 0 aliphatic carbocycles. The first-order valence-corrected chi connectivity index (χ1v) is 11.1. The minimum absolute atomic E-state index is 0.268. The molecular weight excluding hydrogens is 468 g/mol. The van der Waals surface area contributed by atoms with E-state index in [0.29, 0.717) is 41.0 Å². The van der Waals surface area contributed by atoms with Gasteiger partial charge in [-0.05, 0) is 66.1 Å². The lowest BCUT2D eigenvalue weighted by Crippen LogP contribution is -2.32. The van der Waals surface area contributed by atoms with E-state index in [0.717, 1.165) is 11.1 Å². The Morgan fingerprint density at radius 3 is 2.37 bits per heavy atom. The number of anilines is 1. The van der Waals surface area contributed by atoms with Crippen molar-refractivity contribution in [3.05, 3.63) is 88.4 Å². The number of benzene rings is 3. The largest absolute Gasteiger partial charge is 0.490 e. The highest BCUT2D eigenvalue weighted by Crippen LogP contribution is 2.29. The summed E-state index contributed by atoms with van der Waals surface area (Å²) in [7, 11) is 0. The molecule has 35 heavy (non-hydrogen) atoms. The maximum Gasteiger partial charge on any atom is 0.329 e. The summed E-state index contributed by atoms with van der Waals surface area (Å²) in [6, 6.07) is 21.2. The third-order valence-electron chi connectivity index (χ3n) is 4.66. The van der Waals surface area contributed by atoms with Crippen LogP contribution in [0.3, 0.4) is 0 Å². The van der Waals surface area contributed by atoms with Crippen LogP contribution in [0.15, 0.2) is 71.8 Å². The van der Waals surface area contributed by atoms with Crippen LogP contribution >= 0.6 is 11.6 Å². The molecule has 0 heterocycles. The van der Waals surface area contributed by atoms with Crippen molar-refractivity contribution in [2.24, 2.45) is 5.10 Å². The molecule has 0 aromatic heterocycles. The average molecular weight is 491 g/mol. The van der Waals surface area contributed by atoms with Crippen LogP contribution in [0.25, 0.3) is 0 Å². The first kappa shape index (κ1) is 25.3. The van der Waals surface area contributed by atoms with Gasteiger partial charge in [-0.2, -0.15) is 10.4 Å². The van der Waals surface area contributed by atoms with Gasteiger partial charge >= 0.3 is 11.8 Å². The summed E-state index contributed by atoms with van der Waals surface area (Å²) in [6.07, 6.45) is 1.66. The van der Waals surface area contributed by atoms with Gasteiger partial charge in [-0.25, -0.2) is 5.43 Å². The number of nitriles is 1. The summed E-state index contributed by atoms with van der Waals surface area (Å²) in [6.45, 7) is 2.64. The van der Waals surface area contributed by atoms with Crippen LogP contribution in [0.2, 0.25) is 5.02 Å². The molecule has 0 spiro atoms. The van der Waals surface area contributed by atoms with E-state index in [4.69, 9.17) is 26.3 Å². The molecule has 3 aromatic carbocycles. The molecule has 0 fully saturated rings. The third kappa shape index (κ3) is 7.88. The van der Waals surface area contributed by atoms with Crippen LogP contribution in [0, 0.1) is 11.3 Å². The molecule has 3 aromatic rings. The predicted molar refractivity (Wildman–Crippen MR) is 134 cm³/mol. The van der Waals surface area contributed by atoms with Crippen molar-refractivity contribution in [1.82, 2.24) is 5.43 Å². The molecule has 8 nitrogen and oxygen atoms in total. The van der Waals surface area contributed by atoms with Crippen molar-refractivity contribution in [3.8, 4) is 17.6 Å². The lowest BCUT2D eigenvalue weighted by Gasteiger charge is -2.12. The van der Waals surface area contributed by atoms with Crippen LogP contribution in [0.4, 0.5) is 5.69 Å². The topological polar surface area (TPSA) is 113 Å². The van der Waals surface area contributed by atoms with Crippen molar-refractivity contribution in [2.75, 3.05) is 11.9 Å². The second kappa shape index (κ2) is 12.8. The Hall–Kier alpha value is -4.35. The standard InChI is InChI=1S/C26H23ClN4O4/c1-2-34-24-15-20(7-12-23(24)35-17-19-3-8-21(27)9-4-19)16-29-31-26(33)25(32)30-22-10-5-18(6-11-22)13-14-28/h3-12,15-16H,2,13,17H2,1H3,(H,30,32)(H,31,33). The fourth-order valence-electron chi connectivity index (χ4n) is 2.94. The van der Waals surface area contributed by atoms with Crippen molar-refractivity contribution >= 4 is 35.3 Å². The number of hydrogen-bond acceptors (Lipinski definition) is 6. The van der Waals surface area contributed by atoms with Gasteiger partial charge in [0.25, 0.3) is 0 Å². The van der Waals surface area contributed by atoms with E-state index in [-0.39, 0.29) is 6.42 Å². The number of nitrogens with one attached hydrogen (secondary N) is 2. The number of rotatable bonds is 9. The van der Waals surface area contributed by atoms with Crippen LogP contribution in [0.5, 0.6) is 11.5 Å². The average Bonchev–Trinajstić information content (AvgIpc) is 2.86. The summed E-state index contributed by atoms with van der Waals surface area (Å²) in [5, 5.41) is 15.7. The summed E-state index contributed by atoms with van der Waals surface area (Å²) >= 11 is 5.91. The number of carbonyl (C=O) groups is 2. The first-order chi connectivity index (χ1) is 17.0. The molecule has 0 unspecified atom stereocenters. The quantitative estimate of drug-likeness (QED) is 0.261. The summed E-state index contributed by atoms with van der Waals surface area (Å²) in [5.41, 5.74) is 5.04. The molecule has 9 heteroatoms. The Kier molecular flexibility index (Phi) is 9.22. The van der Waals surface area contributed by atoms with Crippen molar-refractivity contribution in [3.63, 3.8) is 0 Å². The number of halogens is 1. The maximum atomic E-state index is 12.1. The number of ether oxygens (including phenoxy) is 2. The zero-order valence-electron chi connectivity index (χ0n) is 19.0. The van der Waals surface area contributed by atoms with Gasteiger partial charge in [-0.1, -0.05) is 35.9 Å². The van der Waals surface area contributed by atoms with Gasteiger partial charge in [0, 0.05) is 10.7 Å². The van der Waals surface area contributed by atoms with Gasteiger partial charge < -0.3 is 14.8 Å². The number of hydrazone groups is 1. The molecule has 0 bridgehead atoms. The maximum absolute atomic E-state index is 12.1. The van der Waals surface area contributed by atoms with Crippen molar-refractivity contribution in [2.45, 2.75) is 20.0 Å². The SMILES string of the molecule is CCOc1cc(C=NNC(=O)C(=O)Nc2ccc(CC#N)cc2)ccc1OCc1ccc(Cl)cc1. The van der Waals surface area contributed by atoms with Gasteiger partial charge in [0.1, 0.15) is 6.61 Å². The van der Waals surface area contributed by atoms with Gasteiger partial charge in [-0.15, -0.1) is 0 Å². The molecule has 0 aliphatic rings. The van der Waals surface area contributed by atoms with E-state index in [2.05, 4.69) is 15.8 Å². The molecule has 0 saturated heterocycles. The zero-order chi connectivity index (χ0) is 25.0. The second-order valence-electron chi connectivity index (χ2n) is 7.24. The van der Waals surface area contributed by atoms with E-state index in [1.54, 1.807) is 54.6 Å². The fourth-order valence-corrected chi connectivity index (χ4v) is 3.06. The smallest absolute Gasteiger partial charge is 0.329 e. The molecule has 178 valence electrons. The third-order valence-corrected chi connectivity index (χ3v) is 4.91.